The van der Waals surface area contributed by atoms with E-state index < -0.39 is 0 Å². The van der Waals surface area contributed by atoms with Gasteiger partial charge >= 0.3 is 0 Å². The van der Waals surface area contributed by atoms with Gasteiger partial charge in [-0.3, -0.25) is 0 Å². The van der Waals surface area contributed by atoms with Gasteiger partial charge in [-0.15, -0.1) is 0 Å². The molecule has 0 amide bonds. The van der Waals surface area contributed by atoms with Crippen molar-refractivity contribution < 1.29 is 4.39 Å². The molecule has 0 radical (unpaired) electrons. The molecular weight excluding hydrogens is 293 g/mol. The molecule has 0 aliphatic carbocycles. The molecule has 1 nitrogen and oxygen atoms in total. The summed E-state index contributed by atoms with van der Waals surface area (Å²) < 4.78 is 13.7. The first-order chi connectivity index (χ1) is 8.75. The fourth-order valence-corrected chi connectivity index (χ4v) is 2.26. The van der Waals surface area contributed by atoms with E-state index in [-0.39, 0.29) is 5.82 Å². The second kappa shape index (κ2) is 6.66. The van der Waals surface area contributed by atoms with Crippen molar-refractivity contribution in [3.05, 3.63) is 69.9 Å². The van der Waals surface area contributed by atoms with Gasteiger partial charge in [0.25, 0.3) is 0 Å². The quantitative estimate of drug-likeness (QED) is 0.826. The summed E-state index contributed by atoms with van der Waals surface area (Å²) >= 11 is 3.36. The number of nitrogens with one attached hydrogen (secondary N) is 1. The molecule has 0 atom stereocenters. The van der Waals surface area contributed by atoms with E-state index in [0.29, 0.717) is 0 Å². The normalized spacial score (nSPS) is 10.6. The Morgan fingerprint density at radius 1 is 1.06 bits per heavy atom. The first-order valence-corrected chi connectivity index (χ1v) is 6.73. The molecule has 94 valence electrons. The third-order valence-electron chi connectivity index (χ3n) is 2.76. The molecule has 2 aromatic carbocycles. The zero-order valence-electron chi connectivity index (χ0n) is 10.00. The Balaban J connectivity index is 1.79. The Hall–Kier alpha value is -1.19. The Bertz CT molecular complexity index is 499. The molecule has 0 saturated heterocycles. The average molecular weight is 308 g/mol. The topological polar surface area (TPSA) is 12.0 Å². The fourth-order valence-electron chi connectivity index (χ4n) is 1.77. The third kappa shape index (κ3) is 3.93. The van der Waals surface area contributed by atoms with E-state index in [2.05, 4.69) is 33.4 Å². The second-order valence-electron chi connectivity index (χ2n) is 4.15. The van der Waals surface area contributed by atoms with Crippen molar-refractivity contribution in [2.24, 2.45) is 0 Å². The summed E-state index contributed by atoms with van der Waals surface area (Å²) in [4.78, 5) is 0. The van der Waals surface area contributed by atoms with E-state index in [9.17, 15) is 4.39 Å². The molecule has 0 aliphatic rings. The molecule has 0 unspecified atom stereocenters. The van der Waals surface area contributed by atoms with Gasteiger partial charge in [-0.05, 0) is 36.2 Å². The number of benzene rings is 2. The fraction of sp³-hybridized carbons (Fsp3) is 0.200. The minimum Gasteiger partial charge on any atom is -0.312 e. The van der Waals surface area contributed by atoms with Crippen LogP contribution >= 0.6 is 15.9 Å². The van der Waals surface area contributed by atoms with Crippen LogP contribution < -0.4 is 5.32 Å². The van der Waals surface area contributed by atoms with Crippen molar-refractivity contribution >= 4 is 15.9 Å². The summed E-state index contributed by atoms with van der Waals surface area (Å²) in [5, 5.41) is 3.36. The lowest BCUT2D eigenvalue weighted by molar-refractivity contribution is 0.623. The highest BCUT2D eigenvalue weighted by Gasteiger charge is 2.00. The van der Waals surface area contributed by atoms with Crippen LogP contribution in [0, 0.1) is 5.82 Å². The summed E-state index contributed by atoms with van der Waals surface area (Å²) in [6.07, 6.45) is 1.000. The predicted molar refractivity (Wildman–Crippen MR) is 76.0 cm³/mol. The van der Waals surface area contributed by atoms with E-state index in [1.54, 1.807) is 6.07 Å². The van der Waals surface area contributed by atoms with Crippen molar-refractivity contribution in [2.75, 3.05) is 6.54 Å². The Morgan fingerprint density at radius 3 is 2.56 bits per heavy atom. The lowest BCUT2D eigenvalue weighted by Crippen LogP contribution is -2.16. The lowest BCUT2D eigenvalue weighted by Gasteiger charge is -2.07. The minimum absolute atomic E-state index is 0.213. The lowest BCUT2D eigenvalue weighted by atomic mass is 10.1. The van der Waals surface area contributed by atoms with Gasteiger partial charge in [0.2, 0.25) is 0 Å². The SMILES string of the molecule is Fc1ccc(CNCCc2ccccc2)c(Br)c1. The first-order valence-electron chi connectivity index (χ1n) is 5.94. The number of hydrogen-bond acceptors (Lipinski definition) is 1. The maximum atomic E-state index is 12.9. The number of halogens is 2. The Labute approximate surface area is 115 Å². The zero-order valence-corrected chi connectivity index (χ0v) is 11.6. The van der Waals surface area contributed by atoms with Crippen molar-refractivity contribution in [2.45, 2.75) is 13.0 Å². The van der Waals surface area contributed by atoms with E-state index >= 15 is 0 Å². The summed E-state index contributed by atoms with van der Waals surface area (Å²) in [5.41, 5.74) is 2.40. The third-order valence-corrected chi connectivity index (χ3v) is 3.50. The first kappa shape index (κ1) is 13.2. The van der Waals surface area contributed by atoms with Crippen LogP contribution in [0.3, 0.4) is 0 Å². The molecule has 2 aromatic rings. The number of hydrogen-bond donors (Lipinski definition) is 1. The van der Waals surface area contributed by atoms with Gasteiger partial charge in [-0.2, -0.15) is 0 Å². The summed E-state index contributed by atoms with van der Waals surface area (Å²) in [5.74, 6) is -0.213. The second-order valence-corrected chi connectivity index (χ2v) is 5.00. The summed E-state index contributed by atoms with van der Waals surface area (Å²) in [7, 11) is 0. The predicted octanol–water partition coefficient (Wildman–Crippen LogP) is 3.92. The molecule has 0 saturated carbocycles. The maximum Gasteiger partial charge on any atom is 0.124 e. The van der Waals surface area contributed by atoms with Gasteiger partial charge in [-0.25, -0.2) is 4.39 Å². The Kier molecular flexibility index (Phi) is 4.90. The van der Waals surface area contributed by atoms with Crippen LogP contribution in [0.4, 0.5) is 4.39 Å². The van der Waals surface area contributed by atoms with Crippen LogP contribution in [0.2, 0.25) is 0 Å². The van der Waals surface area contributed by atoms with Crippen LogP contribution in [-0.4, -0.2) is 6.54 Å². The van der Waals surface area contributed by atoms with Crippen LogP contribution in [0.1, 0.15) is 11.1 Å². The molecule has 2 rings (SSSR count). The zero-order chi connectivity index (χ0) is 12.8. The molecule has 0 heterocycles. The molecule has 0 bridgehead atoms. The standard InChI is InChI=1S/C15H15BrFN/c16-15-10-14(17)7-6-13(15)11-18-9-8-12-4-2-1-3-5-12/h1-7,10,18H,8-9,11H2. The molecule has 0 spiro atoms. The largest absolute Gasteiger partial charge is 0.312 e. The van der Waals surface area contributed by atoms with Crippen LogP contribution in [0.5, 0.6) is 0 Å². The highest BCUT2D eigenvalue weighted by atomic mass is 79.9. The molecule has 0 aromatic heterocycles. The van der Waals surface area contributed by atoms with Gasteiger partial charge in [-0.1, -0.05) is 52.3 Å². The highest BCUT2D eigenvalue weighted by Crippen LogP contribution is 2.17. The number of rotatable bonds is 5. The van der Waals surface area contributed by atoms with Gasteiger partial charge in [0.15, 0.2) is 0 Å². The van der Waals surface area contributed by atoms with Gasteiger partial charge in [0.05, 0.1) is 0 Å². The monoisotopic (exact) mass is 307 g/mol. The Morgan fingerprint density at radius 2 is 1.83 bits per heavy atom. The molecule has 18 heavy (non-hydrogen) atoms. The molecule has 1 N–H and O–H groups in total. The summed E-state index contributed by atoms with van der Waals surface area (Å²) in [6, 6.07) is 15.1. The highest BCUT2D eigenvalue weighted by molar-refractivity contribution is 9.10. The van der Waals surface area contributed by atoms with Crippen LogP contribution in [-0.2, 0) is 13.0 Å². The molecule has 0 fully saturated rings. The van der Waals surface area contributed by atoms with E-state index in [0.717, 1.165) is 29.5 Å². The van der Waals surface area contributed by atoms with Crippen molar-refractivity contribution in [3.8, 4) is 0 Å². The van der Waals surface area contributed by atoms with Gasteiger partial charge in [0, 0.05) is 11.0 Å². The molecular formula is C15H15BrFN. The summed E-state index contributed by atoms with van der Waals surface area (Å²) in [6.45, 7) is 1.65. The van der Waals surface area contributed by atoms with Crippen LogP contribution in [0.15, 0.2) is 53.0 Å². The van der Waals surface area contributed by atoms with Gasteiger partial charge in [0.1, 0.15) is 5.82 Å². The average Bonchev–Trinajstić information content (AvgIpc) is 2.38. The molecule has 3 heteroatoms. The maximum absolute atomic E-state index is 12.9. The van der Waals surface area contributed by atoms with Crippen molar-refractivity contribution in [1.82, 2.24) is 5.32 Å². The van der Waals surface area contributed by atoms with Gasteiger partial charge < -0.3 is 5.32 Å². The minimum atomic E-state index is -0.213. The van der Waals surface area contributed by atoms with E-state index in [1.807, 2.05) is 18.2 Å². The smallest absolute Gasteiger partial charge is 0.124 e. The molecule has 0 aliphatic heterocycles. The van der Waals surface area contributed by atoms with Crippen LogP contribution in [0.25, 0.3) is 0 Å². The van der Waals surface area contributed by atoms with E-state index in [4.69, 9.17) is 0 Å². The van der Waals surface area contributed by atoms with Crippen molar-refractivity contribution in [3.63, 3.8) is 0 Å². The van der Waals surface area contributed by atoms with E-state index in [1.165, 1.54) is 17.7 Å². The van der Waals surface area contributed by atoms with Crippen molar-refractivity contribution in [1.29, 1.82) is 0 Å².